The van der Waals surface area contributed by atoms with E-state index in [0.717, 1.165) is 18.7 Å². The van der Waals surface area contributed by atoms with Gasteiger partial charge >= 0.3 is 0 Å². The second-order valence-corrected chi connectivity index (χ2v) is 4.97. The Kier molecular flexibility index (Phi) is 3.02. The number of rotatable bonds is 2. The molecule has 2 rings (SSSR count). The molecule has 1 aliphatic heterocycles. The molecule has 0 amide bonds. The summed E-state index contributed by atoms with van der Waals surface area (Å²) in [4.78, 5) is 6.31. The number of nitrogens with zero attached hydrogens (tertiary/aromatic N) is 2. The lowest BCUT2D eigenvalue weighted by Crippen LogP contribution is -2.44. The topological polar surface area (TPSA) is 29.3 Å². The maximum absolute atomic E-state index is 13.9. The normalized spacial score (nSPS) is 29.2. The molecule has 1 aliphatic rings. The third kappa shape index (κ3) is 2.43. The second kappa shape index (κ2) is 4.17. The molecule has 2 heterocycles. The lowest BCUT2D eigenvalue weighted by molar-refractivity contribution is 0.0322. The molecule has 90 valence electrons. The highest BCUT2D eigenvalue weighted by atomic mass is 19.1. The highest BCUT2D eigenvalue weighted by molar-refractivity contribution is 4.97. The van der Waals surface area contributed by atoms with Crippen LogP contribution in [0.2, 0.25) is 0 Å². The lowest BCUT2D eigenvalue weighted by Gasteiger charge is -2.37. The van der Waals surface area contributed by atoms with Crippen molar-refractivity contribution in [3.05, 3.63) is 17.8 Å². The van der Waals surface area contributed by atoms with Crippen LogP contribution in [0.5, 0.6) is 0 Å². The van der Waals surface area contributed by atoms with Gasteiger partial charge in [0.05, 0.1) is 12.2 Å². The van der Waals surface area contributed by atoms with Crippen LogP contribution in [0.4, 0.5) is 4.39 Å². The van der Waals surface area contributed by atoms with E-state index in [1.165, 1.54) is 0 Å². The van der Waals surface area contributed by atoms with E-state index in [9.17, 15) is 4.39 Å². The van der Waals surface area contributed by atoms with Crippen LogP contribution in [-0.2, 0) is 0 Å². The fourth-order valence-corrected chi connectivity index (χ4v) is 2.28. The molecular weight excluding hydrogens is 207 g/mol. The largest absolute Gasteiger partial charge is 0.444 e. The Morgan fingerprint density at radius 2 is 2.38 bits per heavy atom. The highest BCUT2D eigenvalue weighted by Crippen LogP contribution is 2.30. The average molecular weight is 226 g/mol. The van der Waals surface area contributed by atoms with Crippen LogP contribution in [0.1, 0.15) is 44.4 Å². The minimum absolute atomic E-state index is 0.0593. The van der Waals surface area contributed by atoms with Gasteiger partial charge in [-0.3, -0.25) is 4.90 Å². The number of hydrogen-bond donors (Lipinski definition) is 0. The van der Waals surface area contributed by atoms with Gasteiger partial charge < -0.3 is 4.42 Å². The van der Waals surface area contributed by atoms with Crippen molar-refractivity contribution >= 4 is 0 Å². The first-order valence-corrected chi connectivity index (χ1v) is 5.83. The Balaban J connectivity index is 2.07. The molecule has 0 bridgehead atoms. The summed E-state index contributed by atoms with van der Waals surface area (Å²) in [6.07, 6.45) is 3.27. The van der Waals surface area contributed by atoms with Gasteiger partial charge in [0.1, 0.15) is 11.4 Å². The molecule has 2 atom stereocenters. The number of oxazole rings is 1. The van der Waals surface area contributed by atoms with Crippen LogP contribution >= 0.6 is 0 Å². The fourth-order valence-electron chi connectivity index (χ4n) is 2.28. The summed E-state index contributed by atoms with van der Waals surface area (Å²) in [5, 5.41) is 0. The van der Waals surface area contributed by atoms with Crippen LogP contribution in [0.15, 0.2) is 10.6 Å². The number of halogens is 1. The van der Waals surface area contributed by atoms with Crippen molar-refractivity contribution in [2.24, 2.45) is 0 Å². The molecule has 1 fully saturated rings. The molecule has 0 N–H and O–H groups in total. The summed E-state index contributed by atoms with van der Waals surface area (Å²) in [5.41, 5.74) is -1.08. The third-order valence-corrected chi connectivity index (χ3v) is 3.22. The SMILES string of the molecule is Cc1cnc([C@H](C)N2CCC[C@@](C)(F)C2)o1. The van der Waals surface area contributed by atoms with Gasteiger partial charge in [0.15, 0.2) is 0 Å². The van der Waals surface area contributed by atoms with Crippen LogP contribution in [0.25, 0.3) is 0 Å². The fraction of sp³-hybridized carbons (Fsp3) is 0.750. The predicted octanol–water partition coefficient (Wildman–Crippen LogP) is 2.87. The molecular formula is C12H19FN2O. The Bertz CT molecular complexity index is 362. The summed E-state index contributed by atoms with van der Waals surface area (Å²) >= 11 is 0. The van der Waals surface area contributed by atoms with Gasteiger partial charge in [-0.2, -0.15) is 0 Å². The molecule has 3 nitrogen and oxygen atoms in total. The number of aryl methyl sites for hydroxylation is 1. The zero-order chi connectivity index (χ0) is 11.8. The summed E-state index contributed by atoms with van der Waals surface area (Å²) in [6, 6.07) is 0.0593. The minimum Gasteiger partial charge on any atom is -0.444 e. The van der Waals surface area contributed by atoms with Crippen LogP contribution in [0.3, 0.4) is 0 Å². The van der Waals surface area contributed by atoms with Crippen molar-refractivity contribution in [3.8, 4) is 0 Å². The number of piperidine rings is 1. The van der Waals surface area contributed by atoms with E-state index in [-0.39, 0.29) is 6.04 Å². The van der Waals surface area contributed by atoms with E-state index in [0.29, 0.717) is 18.9 Å². The quantitative estimate of drug-likeness (QED) is 0.776. The Labute approximate surface area is 95.6 Å². The van der Waals surface area contributed by atoms with E-state index < -0.39 is 5.67 Å². The van der Waals surface area contributed by atoms with Gasteiger partial charge in [-0.25, -0.2) is 9.37 Å². The molecule has 0 radical (unpaired) electrons. The van der Waals surface area contributed by atoms with Crippen LogP contribution < -0.4 is 0 Å². The van der Waals surface area contributed by atoms with Crippen LogP contribution in [-0.4, -0.2) is 28.6 Å². The van der Waals surface area contributed by atoms with Crippen molar-refractivity contribution < 1.29 is 8.81 Å². The number of alkyl halides is 1. The standard InChI is InChI=1S/C12H19FN2O/c1-9-7-14-11(16-9)10(2)15-6-4-5-12(3,13)8-15/h7,10H,4-6,8H2,1-3H3/t10-,12+/m0/s1. The van der Waals surface area contributed by atoms with Crippen molar-refractivity contribution in [1.82, 2.24) is 9.88 Å². The molecule has 0 spiro atoms. The number of likely N-dealkylation sites (tertiary alicyclic amines) is 1. The smallest absolute Gasteiger partial charge is 0.211 e. The molecule has 1 aromatic heterocycles. The van der Waals surface area contributed by atoms with E-state index in [4.69, 9.17) is 4.42 Å². The summed E-state index contributed by atoms with van der Waals surface area (Å²) in [7, 11) is 0. The molecule has 16 heavy (non-hydrogen) atoms. The van der Waals surface area contributed by atoms with E-state index >= 15 is 0 Å². The van der Waals surface area contributed by atoms with Gasteiger partial charge in [0, 0.05) is 6.54 Å². The number of hydrogen-bond acceptors (Lipinski definition) is 3. The molecule has 1 aromatic rings. The zero-order valence-electron chi connectivity index (χ0n) is 10.2. The molecule has 0 aromatic carbocycles. The van der Waals surface area contributed by atoms with Crippen molar-refractivity contribution in [2.75, 3.05) is 13.1 Å². The van der Waals surface area contributed by atoms with E-state index in [2.05, 4.69) is 9.88 Å². The Morgan fingerprint density at radius 3 is 2.94 bits per heavy atom. The summed E-state index contributed by atoms with van der Waals surface area (Å²) < 4.78 is 19.4. The van der Waals surface area contributed by atoms with Gasteiger partial charge in [0.25, 0.3) is 0 Å². The maximum Gasteiger partial charge on any atom is 0.211 e. The minimum atomic E-state index is -1.08. The third-order valence-electron chi connectivity index (χ3n) is 3.22. The Hall–Kier alpha value is -0.900. The van der Waals surface area contributed by atoms with E-state index in [1.807, 2.05) is 13.8 Å². The predicted molar refractivity (Wildman–Crippen MR) is 60.0 cm³/mol. The Morgan fingerprint density at radius 1 is 1.62 bits per heavy atom. The second-order valence-electron chi connectivity index (χ2n) is 4.97. The van der Waals surface area contributed by atoms with Gasteiger partial charge in [-0.15, -0.1) is 0 Å². The molecule has 0 unspecified atom stereocenters. The first-order valence-electron chi connectivity index (χ1n) is 5.83. The maximum atomic E-state index is 13.9. The summed E-state index contributed by atoms with van der Waals surface area (Å²) in [5.74, 6) is 1.50. The van der Waals surface area contributed by atoms with Crippen LogP contribution in [0, 0.1) is 6.92 Å². The number of aromatic nitrogens is 1. The van der Waals surface area contributed by atoms with Gasteiger partial charge in [-0.1, -0.05) is 0 Å². The molecule has 1 saturated heterocycles. The van der Waals surface area contributed by atoms with Gasteiger partial charge in [-0.05, 0) is 40.2 Å². The monoisotopic (exact) mass is 226 g/mol. The van der Waals surface area contributed by atoms with Crippen molar-refractivity contribution in [1.29, 1.82) is 0 Å². The average Bonchev–Trinajstić information content (AvgIpc) is 2.62. The van der Waals surface area contributed by atoms with E-state index in [1.54, 1.807) is 13.1 Å². The highest BCUT2D eigenvalue weighted by Gasteiger charge is 2.34. The molecule has 0 saturated carbocycles. The molecule has 4 heteroatoms. The summed E-state index contributed by atoms with van der Waals surface area (Å²) in [6.45, 7) is 6.95. The zero-order valence-corrected chi connectivity index (χ0v) is 10.2. The first kappa shape index (κ1) is 11.6. The van der Waals surface area contributed by atoms with Gasteiger partial charge in [0.2, 0.25) is 5.89 Å². The lowest BCUT2D eigenvalue weighted by atomic mass is 9.96. The molecule has 0 aliphatic carbocycles. The van der Waals surface area contributed by atoms with Crippen molar-refractivity contribution in [2.45, 2.75) is 45.3 Å². The first-order chi connectivity index (χ1) is 7.48. The van der Waals surface area contributed by atoms with Crippen molar-refractivity contribution in [3.63, 3.8) is 0 Å².